The normalized spacial score (nSPS) is 19.1. The highest BCUT2D eigenvalue weighted by Crippen LogP contribution is 2.35. The first-order chi connectivity index (χ1) is 10.9. The Kier molecular flexibility index (Phi) is 4.13. The molecule has 0 radical (unpaired) electrons. The molecule has 0 N–H and O–H groups in total. The predicted octanol–water partition coefficient (Wildman–Crippen LogP) is 2.64. The van der Waals surface area contributed by atoms with E-state index in [1.165, 1.54) is 4.57 Å². The number of thiazole rings is 1. The van der Waals surface area contributed by atoms with Crippen LogP contribution in [0.2, 0.25) is 0 Å². The van der Waals surface area contributed by atoms with Crippen molar-refractivity contribution in [3.63, 3.8) is 0 Å². The Morgan fingerprint density at radius 3 is 2.87 bits per heavy atom. The van der Waals surface area contributed by atoms with E-state index < -0.39 is 11.9 Å². The van der Waals surface area contributed by atoms with Crippen molar-refractivity contribution in [2.75, 3.05) is 18.0 Å². The molecule has 0 aliphatic carbocycles. The summed E-state index contributed by atoms with van der Waals surface area (Å²) < 4.78 is 39.5. The van der Waals surface area contributed by atoms with Crippen molar-refractivity contribution in [3.05, 3.63) is 38.8 Å². The van der Waals surface area contributed by atoms with Crippen LogP contribution in [-0.2, 0) is 13.2 Å². The van der Waals surface area contributed by atoms with Gasteiger partial charge >= 0.3 is 6.18 Å². The van der Waals surface area contributed by atoms with Gasteiger partial charge in [-0.2, -0.15) is 13.2 Å². The van der Waals surface area contributed by atoms with Crippen LogP contribution in [0.4, 0.5) is 19.0 Å². The van der Waals surface area contributed by atoms with Crippen molar-refractivity contribution in [2.45, 2.75) is 24.9 Å². The van der Waals surface area contributed by atoms with Gasteiger partial charge in [-0.1, -0.05) is 0 Å². The third-order valence-corrected chi connectivity index (χ3v) is 4.89. The number of aryl methyl sites for hydroxylation is 1. The summed E-state index contributed by atoms with van der Waals surface area (Å²) in [6.07, 6.45) is 0.245. The van der Waals surface area contributed by atoms with Gasteiger partial charge in [0.1, 0.15) is 0 Å². The molecule has 3 rings (SSSR count). The van der Waals surface area contributed by atoms with Gasteiger partial charge in [-0.15, -0.1) is 11.3 Å². The first-order valence-electron chi connectivity index (χ1n) is 7.15. The van der Waals surface area contributed by atoms with Crippen LogP contribution in [0.1, 0.15) is 29.5 Å². The number of nitrogens with zero attached hydrogens (tertiary/aromatic N) is 4. The quantitative estimate of drug-likeness (QED) is 0.840. The number of alkyl halides is 3. The molecule has 0 unspecified atom stereocenters. The van der Waals surface area contributed by atoms with Gasteiger partial charge in [-0.3, -0.25) is 4.79 Å². The van der Waals surface area contributed by atoms with E-state index in [2.05, 4.69) is 9.97 Å². The molecule has 1 aliphatic heterocycles. The molecule has 124 valence electrons. The van der Waals surface area contributed by atoms with Gasteiger partial charge in [0.15, 0.2) is 11.5 Å². The average molecular weight is 344 g/mol. The molecule has 3 heterocycles. The molecule has 1 fully saturated rings. The molecule has 23 heavy (non-hydrogen) atoms. The van der Waals surface area contributed by atoms with Crippen molar-refractivity contribution in [1.82, 2.24) is 14.5 Å². The number of rotatable bonds is 2. The summed E-state index contributed by atoms with van der Waals surface area (Å²) in [7, 11) is 1.64. The van der Waals surface area contributed by atoms with E-state index in [4.69, 9.17) is 0 Å². The first-order valence-corrected chi connectivity index (χ1v) is 8.03. The van der Waals surface area contributed by atoms with Crippen LogP contribution in [0, 0.1) is 0 Å². The first kappa shape index (κ1) is 16.0. The summed E-state index contributed by atoms with van der Waals surface area (Å²) in [5.74, 6) is 0.226. The number of halogens is 3. The molecule has 1 saturated heterocycles. The fourth-order valence-electron chi connectivity index (χ4n) is 2.68. The molecule has 2 aromatic rings. The zero-order valence-electron chi connectivity index (χ0n) is 12.4. The lowest BCUT2D eigenvalue weighted by Crippen LogP contribution is -2.39. The SMILES string of the molecule is Cn1ccnc(N2CCC[C@H](c3nc(C(F)(F)F)cs3)C2)c1=O. The van der Waals surface area contributed by atoms with E-state index in [0.29, 0.717) is 23.9 Å². The van der Waals surface area contributed by atoms with E-state index >= 15 is 0 Å². The molecule has 1 atom stereocenters. The Bertz CT molecular complexity index is 755. The lowest BCUT2D eigenvalue weighted by Gasteiger charge is -2.32. The summed E-state index contributed by atoms with van der Waals surface area (Å²) in [6, 6.07) is 0. The lowest BCUT2D eigenvalue weighted by atomic mass is 9.99. The maximum Gasteiger partial charge on any atom is 0.434 e. The topological polar surface area (TPSA) is 51.0 Å². The summed E-state index contributed by atoms with van der Waals surface area (Å²) in [5, 5.41) is 1.52. The van der Waals surface area contributed by atoms with Crippen molar-refractivity contribution in [3.8, 4) is 0 Å². The van der Waals surface area contributed by atoms with Crippen LogP contribution in [-0.4, -0.2) is 27.6 Å². The molecular weight excluding hydrogens is 329 g/mol. The highest BCUT2D eigenvalue weighted by atomic mass is 32.1. The predicted molar refractivity (Wildman–Crippen MR) is 80.8 cm³/mol. The van der Waals surface area contributed by atoms with E-state index in [-0.39, 0.29) is 11.5 Å². The van der Waals surface area contributed by atoms with Crippen LogP contribution in [0.25, 0.3) is 0 Å². The third kappa shape index (κ3) is 3.24. The molecule has 5 nitrogen and oxygen atoms in total. The van der Waals surface area contributed by atoms with Crippen LogP contribution >= 0.6 is 11.3 Å². The second kappa shape index (κ2) is 5.95. The summed E-state index contributed by atoms with van der Waals surface area (Å²) >= 11 is 1.03. The van der Waals surface area contributed by atoms with Gasteiger partial charge in [0, 0.05) is 43.8 Å². The fraction of sp³-hybridized carbons (Fsp3) is 0.500. The Morgan fingerprint density at radius 2 is 2.17 bits per heavy atom. The van der Waals surface area contributed by atoms with E-state index in [1.807, 2.05) is 4.90 Å². The number of aromatic nitrogens is 3. The molecule has 1 aliphatic rings. The molecule has 0 aromatic carbocycles. The minimum Gasteiger partial charge on any atom is -0.351 e. The van der Waals surface area contributed by atoms with E-state index in [1.54, 1.807) is 19.4 Å². The molecule has 0 spiro atoms. The Morgan fingerprint density at radius 1 is 1.39 bits per heavy atom. The van der Waals surface area contributed by atoms with Gasteiger partial charge in [0.2, 0.25) is 0 Å². The second-order valence-electron chi connectivity index (χ2n) is 5.52. The Balaban J connectivity index is 1.82. The van der Waals surface area contributed by atoms with Crippen LogP contribution in [0.3, 0.4) is 0 Å². The highest BCUT2D eigenvalue weighted by Gasteiger charge is 2.35. The molecule has 0 amide bonds. The second-order valence-corrected chi connectivity index (χ2v) is 6.41. The van der Waals surface area contributed by atoms with Gasteiger partial charge < -0.3 is 9.47 Å². The monoisotopic (exact) mass is 344 g/mol. The van der Waals surface area contributed by atoms with Gasteiger partial charge in [0.05, 0.1) is 5.01 Å². The Hall–Kier alpha value is -1.90. The summed E-state index contributed by atoms with van der Waals surface area (Å²) in [6.45, 7) is 1.12. The van der Waals surface area contributed by atoms with Crippen molar-refractivity contribution in [2.24, 2.45) is 7.05 Å². The van der Waals surface area contributed by atoms with Crippen molar-refractivity contribution >= 4 is 17.2 Å². The number of hydrogen-bond donors (Lipinski definition) is 0. The van der Waals surface area contributed by atoms with Crippen LogP contribution in [0.5, 0.6) is 0 Å². The Labute approximate surface area is 134 Å². The van der Waals surface area contributed by atoms with Gasteiger partial charge in [-0.25, -0.2) is 9.97 Å². The average Bonchev–Trinajstić information content (AvgIpc) is 3.00. The maximum atomic E-state index is 12.7. The molecule has 0 saturated carbocycles. The number of piperidine rings is 1. The highest BCUT2D eigenvalue weighted by molar-refractivity contribution is 7.09. The fourth-order valence-corrected chi connectivity index (χ4v) is 3.63. The zero-order chi connectivity index (χ0) is 16.6. The molecule has 2 aromatic heterocycles. The van der Waals surface area contributed by atoms with Gasteiger partial charge in [0.25, 0.3) is 5.56 Å². The third-order valence-electron chi connectivity index (χ3n) is 3.88. The zero-order valence-corrected chi connectivity index (χ0v) is 13.2. The van der Waals surface area contributed by atoms with Crippen molar-refractivity contribution < 1.29 is 13.2 Å². The number of anilines is 1. The maximum absolute atomic E-state index is 12.7. The molecule has 0 bridgehead atoms. The van der Waals surface area contributed by atoms with E-state index in [0.717, 1.165) is 29.6 Å². The lowest BCUT2D eigenvalue weighted by molar-refractivity contribution is -0.140. The minimum atomic E-state index is -4.42. The van der Waals surface area contributed by atoms with Crippen LogP contribution in [0.15, 0.2) is 22.6 Å². The van der Waals surface area contributed by atoms with E-state index in [9.17, 15) is 18.0 Å². The molecule has 9 heteroatoms. The molecular formula is C14H15F3N4OS. The number of hydrogen-bond acceptors (Lipinski definition) is 5. The van der Waals surface area contributed by atoms with Crippen molar-refractivity contribution in [1.29, 1.82) is 0 Å². The minimum absolute atomic E-state index is 0.114. The largest absolute Gasteiger partial charge is 0.434 e. The van der Waals surface area contributed by atoms with Crippen LogP contribution < -0.4 is 10.5 Å². The smallest absolute Gasteiger partial charge is 0.351 e. The standard InChI is InChI=1S/C14H15F3N4OS/c1-20-6-4-18-11(13(20)22)21-5-2-3-9(7-21)12-19-10(8-23-12)14(15,16)17/h4,6,8-9H,2-3,5,7H2,1H3/t9-/m0/s1. The summed E-state index contributed by atoms with van der Waals surface area (Å²) in [5.41, 5.74) is -1.05. The summed E-state index contributed by atoms with van der Waals surface area (Å²) in [4.78, 5) is 21.8. The van der Waals surface area contributed by atoms with Gasteiger partial charge in [-0.05, 0) is 12.8 Å².